The van der Waals surface area contributed by atoms with E-state index < -0.39 is 6.09 Å². The zero-order chi connectivity index (χ0) is 8.27. The third-order valence-electron chi connectivity index (χ3n) is 1.65. The zero-order valence-corrected chi connectivity index (χ0v) is 5.84. The van der Waals surface area contributed by atoms with Gasteiger partial charge >= 0.3 is 6.09 Å². The SMILES string of the molecule is [N-]=[N+]=N[C@H]1CCN(C(=O)O)C1. The van der Waals surface area contributed by atoms with Crippen LogP contribution in [0.15, 0.2) is 5.11 Å². The summed E-state index contributed by atoms with van der Waals surface area (Å²) in [6.45, 7) is 0.804. The monoisotopic (exact) mass is 156 g/mol. The molecule has 0 aromatic carbocycles. The van der Waals surface area contributed by atoms with Crippen molar-refractivity contribution < 1.29 is 9.90 Å². The van der Waals surface area contributed by atoms with Crippen LogP contribution in [0.5, 0.6) is 0 Å². The van der Waals surface area contributed by atoms with Gasteiger partial charge in [-0.05, 0) is 12.0 Å². The summed E-state index contributed by atoms with van der Waals surface area (Å²) in [5.74, 6) is 0. The Balaban J connectivity index is 2.46. The molecule has 60 valence electrons. The Labute approximate surface area is 63.0 Å². The molecular weight excluding hydrogens is 148 g/mol. The average Bonchev–Trinajstić information content (AvgIpc) is 2.37. The van der Waals surface area contributed by atoms with E-state index in [4.69, 9.17) is 10.6 Å². The molecule has 1 heterocycles. The molecule has 11 heavy (non-hydrogen) atoms. The Morgan fingerprint density at radius 3 is 3.00 bits per heavy atom. The second-order valence-corrected chi connectivity index (χ2v) is 2.38. The number of likely N-dealkylation sites (tertiary alicyclic amines) is 1. The summed E-state index contributed by atoms with van der Waals surface area (Å²) in [6.07, 6.45) is -0.309. The van der Waals surface area contributed by atoms with Crippen LogP contribution in [0.3, 0.4) is 0 Å². The predicted molar refractivity (Wildman–Crippen MR) is 37.1 cm³/mol. The molecule has 0 aromatic heterocycles. The second kappa shape index (κ2) is 3.12. The van der Waals surface area contributed by atoms with Crippen molar-refractivity contribution in [2.75, 3.05) is 13.1 Å². The van der Waals surface area contributed by atoms with E-state index in [2.05, 4.69) is 10.0 Å². The molecule has 1 amide bonds. The highest BCUT2D eigenvalue weighted by atomic mass is 16.4. The van der Waals surface area contributed by atoms with E-state index in [0.717, 1.165) is 0 Å². The molecule has 1 N–H and O–H groups in total. The van der Waals surface area contributed by atoms with Gasteiger partial charge in [-0.15, -0.1) is 0 Å². The Bertz CT molecular complexity index is 203. The summed E-state index contributed by atoms with van der Waals surface area (Å²) < 4.78 is 0. The van der Waals surface area contributed by atoms with Crippen LogP contribution in [0, 0.1) is 0 Å². The minimum atomic E-state index is -0.944. The van der Waals surface area contributed by atoms with Crippen molar-refractivity contribution in [2.24, 2.45) is 5.11 Å². The van der Waals surface area contributed by atoms with Crippen LogP contribution < -0.4 is 0 Å². The summed E-state index contributed by atoms with van der Waals surface area (Å²) >= 11 is 0. The van der Waals surface area contributed by atoms with Gasteiger partial charge in [-0.3, -0.25) is 0 Å². The molecule has 0 saturated carbocycles. The smallest absolute Gasteiger partial charge is 0.407 e. The fraction of sp³-hybridized carbons (Fsp3) is 0.800. The fourth-order valence-electron chi connectivity index (χ4n) is 1.08. The molecule has 0 aliphatic carbocycles. The second-order valence-electron chi connectivity index (χ2n) is 2.38. The largest absolute Gasteiger partial charge is 0.465 e. The number of hydrogen-bond donors (Lipinski definition) is 1. The van der Waals surface area contributed by atoms with Gasteiger partial charge in [0.25, 0.3) is 0 Å². The maximum absolute atomic E-state index is 10.3. The van der Waals surface area contributed by atoms with Crippen molar-refractivity contribution in [3.63, 3.8) is 0 Å². The van der Waals surface area contributed by atoms with Crippen molar-refractivity contribution >= 4 is 6.09 Å². The summed E-state index contributed by atoms with van der Waals surface area (Å²) in [5.41, 5.74) is 8.04. The number of nitrogens with zero attached hydrogens (tertiary/aromatic N) is 4. The lowest BCUT2D eigenvalue weighted by Gasteiger charge is -2.08. The topological polar surface area (TPSA) is 89.3 Å². The van der Waals surface area contributed by atoms with Gasteiger partial charge < -0.3 is 10.0 Å². The van der Waals surface area contributed by atoms with Gasteiger partial charge in [0, 0.05) is 18.0 Å². The van der Waals surface area contributed by atoms with Crippen molar-refractivity contribution in [3.8, 4) is 0 Å². The molecule has 1 aliphatic rings. The molecule has 0 aromatic rings. The van der Waals surface area contributed by atoms with E-state index in [9.17, 15) is 4.79 Å². The van der Waals surface area contributed by atoms with Crippen LogP contribution in [0.4, 0.5) is 4.79 Å². The average molecular weight is 156 g/mol. The third kappa shape index (κ3) is 1.75. The molecule has 1 atom stereocenters. The van der Waals surface area contributed by atoms with E-state index in [1.807, 2.05) is 0 Å². The highest BCUT2D eigenvalue weighted by Crippen LogP contribution is 2.12. The van der Waals surface area contributed by atoms with E-state index in [1.54, 1.807) is 0 Å². The Morgan fingerprint density at radius 1 is 1.82 bits per heavy atom. The highest BCUT2D eigenvalue weighted by Gasteiger charge is 2.24. The van der Waals surface area contributed by atoms with Gasteiger partial charge in [0.05, 0.1) is 6.04 Å². The molecule has 6 heteroatoms. The maximum atomic E-state index is 10.3. The molecule has 0 unspecified atom stereocenters. The van der Waals surface area contributed by atoms with E-state index >= 15 is 0 Å². The first-order valence-corrected chi connectivity index (χ1v) is 3.26. The van der Waals surface area contributed by atoms with Gasteiger partial charge in [-0.2, -0.15) is 0 Å². The molecule has 0 spiro atoms. The van der Waals surface area contributed by atoms with Crippen molar-refractivity contribution in [1.29, 1.82) is 0 Å². The zero-order valence-electron chi connectivity index (χ0n) is 5.84. The summed E-state index contributed by atoms with van der Waals surface area (Å²) in [5, 5.41) is 11.9. The third-order valence-corrected chi connectivity index (χ3v) is 1.65. The molecular formula is C5H8N4O2. The highest BCUT2D eigenvalue weighted by molar-refractivity contribution is 5.65. The van der Waals surface area contributed by atoms with Crippen LogP contribution in [0.1, 0.15) is 6.42 Å². The number of carboxylic acid groups (broad SMARTS) is 1. The van der Waals surface area contributed by atoms with Crippen molar-refractivity contribution in [1.82, 2.24) is 4.90 Å². The van der Waals surface area contributed by atoms with Gasteiger partial charge in [-0.1, -0.05) is 5.11 Å². The standard InChI is InChI=1S/C5H8N4O2/c6-8-7-4-1-2-9(3-4)5(10)11/h4H,1-3H2,(H,10,11)/t4-/m0/s1. The first-order valence-electron chi connectivity index (χ1n) is 3.26. The number of carbonyl (C=O) groups is 1. The van der Waals surface area contributed by atoms with Crippen LogP contribution in [0.2, 0.25) is 0 Å². The Morgan fingerprint density at radius 2 is 2.55 bits per heavy atom. The van der Waals surface area contributed by atoms with E-state index in [0.29, 0.717) is 19.5 Å². The number of hydrogen-bond acceptors (Lipinski definition) is 2. The molecule has 1 saturated heterocycles. The normalized spacial score (nSPS) is 22.9. The molecule has 0 radical (unpaired) electrons. The minimum Gasteiger partial charge on any atom is -0.465 e. The summed E-state index contributed by atoms with van der Waals surface area (Å²) in [4.78, 5) is 14.2. The summed E-state index contributed by atoms with van der Waals surface area (Å²) in [6, 6.07) is -0.170. The number of azide groups is 1. The van der Waals surface area contributed by atoms with E-state index in [1.165, 1.54) is 4.90 Å². The van der Waals surface area contributed by atoms with Crippen LogP contribution >= 0.6 is 0 Å². The molecule has 0 bridgehead atoms. The van der Waals surface area contributed by atoms with Gasteiger partial charge in [0.1, 0.15) is 0 Å². The first kappa shape index (κ1) is 7.68. The van der Waals surface area contributed by atoms with Crippen LogP contribution in [0.25, 0.3) is 10.4 Å². The molecule has 1 fully saturated rings. The van der Waals surface area contributed by atoms with Crippen LogP contribution in [-0.4, -0.2) is 35.2 Å². The summed E-state index contributed by atoms with van der Waals surface area (Å²) in [7, 11) is 0. The quantitative estimate of drug-likeness (QED) is 0.349. The molecule has 6 nitrogen and oxygen atoms in total. The van der Waals surface area contributed by atoms with E-state index in [-0.39, 0.29) is 6.04 Å². The molecule has 1 aliphatic heterocycles. The lowest BCUT2D eigenvalue weighted by Crippen LogP contribution is -2.27. The Kier molecular flexibility index (Phi) is 2.18. The van der Waals surface area contributed by atoms with Gasteiger partial charge in [0.2, 0.25) is 0 Å². The maximum Gasteiger partial charge on any atom is 0.407 e. The lowest BCUT2D eigenvalue weighted by atomic mass is 10.3. The minimum absolute atomic E-state index is 0.170. The van der Waals surface area contributed by atoms with Crippen molar-refractivity contribution in [2.45, 2.75) is 12.5 Å². The van der Waals surface area contributed by atoms with Gasteiger partial charge in [0.15, 0.2) is 0 Å². The number of amides is 1. The lowest BCUT2D eigenvalue weighted by molar-refractivity contribution is 0.155. The number of rotatable bonds is 1. The van der Waals surface area contributed by atoms with Gasteiger partial charge in [-0.25, -0.2) is 4.79 Å². The Hall–Kier alpha value is -1.42. The first-order chi connectivity index (χ1) is 5.24. The predicted octanol–water partition coefficient (Wildman–Crippen LogP) is 1.05. The molecule has 1 rings (SSSR count). The van der Waals surface area contributed by atoms with Crippen LogP contribution in [-0.2, 0) is 0 Å². The fourth-order valence-corrected chi connectivity index (χ4v) is 1.08. The van der Waals surface area contributed by atoms with Crippen molar-refractivity contribution in [3.05, 3.63) is 10.4 Å².